The fourth-order valence-corrected chi connectivity index (χ4v) is 2.17. The van der Waals surface area contributed by atoms with Gasteiger partial charge < -0.3 is 5.11 Å². The highest BCUT2D eigenvalue weighted by molar-refractivity contribution is 5.61. The molecule has 3 heteroatoms. The van der Waals surface area contributed by atoms with Crippen molar-refractivity contribution in [2.75, 3.05) is 0 Å². The van der Waals surface area contributed by atoms with E-state index in [4.69, 9.17) is 5.11 Å². The summed E-state index contributed by atoms with van der Waals surface area (Å²) in [5, 5.41) is 13.4. The van der Waals surface area contributed by atoms with E-state index < -0.39 is 0 Å². The van der Waals surface area contributed by atoms with Gasteiger partial charge in [-0.1, -0.05) is 54.6 Å². The average Bonchev–Trinajstić information content (AvgIpc) is 2.97. The van der Waals surface area contributed by atoms with Crippen molar-refractivity contribution < 1.29 is 5.11 Å². The van der Waals surface area contributed by atoms with E-state index in [0.29, 0.717) is 0 Å². The first kappa shape index (κ1) is 12.6. The zero-order chi connectivity index (χ0) is 13.8. The van der Waals surface area contributed by atoms with Crippen LogP contribution in [0.25, 0.3) is 11.1 Å². The minimum atomic E-state index is 0.0769. The van der Waals surface area contributed by atoms with Crippen LogP contribution < -0.4 is 0 Å². The molecule has 0 aliphatic heterocycles. The van der Waals surface area contributed by atoms with Crippen molar-refractivity contribution in [2.24, 2.45) is 0 Å². The van der Waals surface area contributed by atoms with Crippen LogP contribution in [0.5, 0.6) is 0 Å². The standard InChI is InChI=1S/C17H16N2O/c20-13-15-6-8-16(9-7-15)17-10-18-19(12-17)11-14-4-2-1-3-5-14/h1-10,12,20H,11,13H2. The highest BCUT2D eigenvalue weighted by Gasteiger charge is 2.02. The Labute approximate surface area is 118 Å². The van der Waals surface area contributed by atoms with Gasteiger partial charge in [0, 0.05) is 11.8 Å². The van der Waals surface area contributed by atoms with Crippen LogP contribution >= 0.6 is 0 Å². The van der Waals surface area contributed by atoms with Gasteiger partial charge in [-0.25, -0.2) is 0 Å². The molecule has 0 saturated carbocycles. The summed E-state index contributed by atoms with van der Waals surface area (Å²) in [6.45, 7) is 0.850. The molecule has 100 valence electrons. The van der Waals surface area contributed by atoms with E-state index in [9.17, 15) is 0 Å². The first-order chi connectivity index (χ1) is 9.85. The molecular formula is C17H16N2O. The summed E-state index contributed by atoms with van der Waals surface area (Å²) >= 11 is 0. The van der Waals surface area contributed by atoms with E-state index in [1.54, 1.807) is 0 Å². The number of hydrogen-bond donors (Lipinski definition) is 1. The molecule has 0 atom stereocenters. The van der Waals surface area contributed by atoms with Crippen molar-refractivity contribution in [2.45, 2.75) is 13.2 Å². The first-order valence-electron chi connectivity index (χ1n) is 6.62. The molecule has 0 unspecified atom stereocenters. The van der Waals surface area contributed by atoms with Gasteiger partial charge in [0.05, 0.1) is 19.3 Å². The van der Waals surface area contributed by atoms with Gasteiger partial charge in [0.2, 0.25) is 0 Å². The van der Waals surface area contributed by atoms with Gasteiger partial charge in [0.25, 0.3) is 0 Å². The lowest BCUT2D eigenvalue weighted by molar-refractivity contribution is 0.282. The fraction of sp³-hybridized carbons (Fsp3) is 0.118. The Morgan fingerprint density at radius 2 is 1.60 bits per heavy atom. The quantitative estimate of drug-likeness (QED) is 0.786. The highest BCUT2D eigenvalue weighted by atomic mass is 16.3. The van der Waals surface area contributed by atoms with Crippen LogP contribution in [-0.4, -0.2) is 14.9 Å². The Hall–Kier alpha value is -2.39. The molecule has 0 aliphatic carbocycles. The number of aromatic nitrogens is 2. The summed E-state index contributed by atoms with van der Waals surface area (Å²) < 4.78 is 1.94. The van der Waals surface area contributed by atoms with E-state index in [2.05, 4.69) is 17.2 Å². The predicted molar refractivity (Wildman–Crippen MR) is 79.1 cm³/mol. The fourth-order valence-electron chi connectivity index (χ4n) is 2.17. The van der Waals surface area contributed by atoms with Crippen LogP contribution in [0.3, 0.4) is 0 Å². The molecule has 3 rings (SSSR count). The van der Waals surface area contributed by atoms with E-state index in [1.165, 1.54) is 5.56 Å². The van der Waals surface area contributed by atoms with Crippen molar-refractivity contribution in [3.63, 3.8) is 0 Å². The van der Waals surface area contributed by atoms with Crippen LogP contribution in [0.1, 0.15) is 11.1 Å². The third-order valence-corrected chi connectivity index (χ3v) is 3.29. The molecule has 0 radical (unpaired) electrons. The smallest absolute Gasteiger partial charge is 0.0681 e. The largest absolute Gasteiger partial charge is 0.392 e. The van der Waals surface area contributed by atoms with Gasteiger partial charge in [-0.15, -0.1) is 0 Å². The lowest BCUT2D eigenvalue weighted by Gasteiger charge is -2.01. The van der Waals surface area contributed by atoms with E-state index in [1.807, 2.05) is 59.5 Å². The molecule has 3 aromatic rings. The minimum absolute atomic E-state index is 0.0769. The summed E-state index contributed by atoms with van der Waals surface area (Å²) in [5.41, 5.74) is 4.36. The number of aliphatic hydroxyl groups is 1. The monoisotopic (exact) mass is 264 g/mol. The van der Waals surface area contributed by atoms with Crippen molar-refractivity contribution in [3.8, 4) is 11.1 Å². The summed E-state index contributed by atoms with van der Waals surface area (Å²) in [7, 11) is 0. The molecule has 1 aromatic heterocycles. The average molecular weight is 264 g/mol. The highest BCUT2D eigenvalue weighted by Crippen LogP contribution is 2.19. The van der Waals surface area contributed by atoms with Crippen LogP contribution in [-0.2, 0) is 13.2 Å². The number of benzene rings is 2. The van der Waals surface area contributed by atoms with Crippen molar-refractivity contribution in [3.05, 3.63) is 78.1 Å². The van der Waals surface area contributed by atoms with Gasteiger partial charge >= 0.3 is 0 Å². The SMILES string of the molecule is OCc1ccc(-c2cnn(Cc3ccccc3)c2)cc1. The van der Waals surface area contributed by atoms with Crippen molar-refractivity contribution in [1.82, 2.24) is 9.78 Å². The summed E-state index contributed by atoms with van der Waals surface area (Å²) in [4.78, 5) is 0. The zero-order valence-corrected chi connectivity index (χ0v) is 11.1. The van der Waals surface area contributed by atoms with E-state index in [0.717, 1.165) is 23.2 Å². The van der Waals surface area contributed by atoms with Crippen LogP contribution in [0.2, 0.25) is 0 Å². The second kappa shape index (κ2) is 5.72. The Morgan fingerprint density at radius 3 is 2.30 bits per heavy atom. The maximum Gasteiger partial charge on any atom is 0.0681 e. The second-order valence-electron chi connectivity index (χ2n) is 4.77. The third-order valence-electron chi connectivity index (χ3n) is 3.29. The summed E-state index contributed by atoms with van der Waals surface area (Å²) in [5.74, 6) is 0. The molecule has 0 spiro atoms. The van der Waals surface area contributed by atoms with Crippen LogP contribution in [0.15, 0.2) is 67.0 Å². The van der Waals surface area contributed by atoms with Gasteiger partial charge in [0.1, 0.15) is 0 Å². The Kier molecular flexibility index (Phi) is 3.61. The number of rotatable bonds is 4. The van der Waals surface area contributed by atoms with Crippen LogP contribution in [0.4, 0.5) is 0 Å². The van der Waals surface area contributed by atoms with Gasteiger partial charge in [-0.2, -0.15) is 5.10 Å². The second-order valence-corrected chi connectivity index (χ2v) is 4.77. The normalized spacial score (nSPS) is 10.7. The lowest BCUT2D eigenvalue weighted by Crippen LogP contribution is -1.99. The summed E-state index contributed by atoms with van der Waals surface area (Å²) in [6, 6.07) is 18.2. The number of hydrogen-bond acceptors (Lipinski definition) is 2. The molecule has 2 aromatic carbocycles. The number of nitrogens with zero attached hydrogens (tertiary/aromatic N) is 2. The molecule has 20 heavy (non-hydrogen) atoms. The number of aliphatic hydroxyl groups excluding tert-OH is 1. The zero-order valence-electron chi connectivity index (χ0n) is 11.1. The predicted octanol–water partition coefficient (Wildman–Crippen LogP) is 3.09. The van der Waals surface area contributed by atoms with Gasteiger partial charge in [-0.05, 0) is 16.7 Å². The van der Waals surface area contributed by atoms with Gasteiger partial charge in [-0.3, -0.25) is 4.68 Å². The van der Waals surface area contributed by atoms with Gasteiger partial charge in [0.15, 0.2) is 0 Å². The Balaban J connectivity index is 1.79. The van der Waals surface area contributed by atoms with Crippen LogP contribution in [0, 0.1) is 0 Å². The maximum atomic E-state index is 9.05. The molecule has 1 heterocycles. The third kappa shape index (κ3) is 2.78. The molecule has 0 fully saturated rings. The van der Waals surface area contributed by atoms with E-state index in [-0.39, 0.29) is 6.61 Å². The molecule has 1 N–H and O–H groups in total. The molecule has 3 nitrogen and oxygen atoms in total. The molecule has 0 amide bonds. The lowest BCUT2D eigenvalue weighted by atomic mass is 10.1. The van der Waals surface area contributed by atoms with E-state index >= 15 is 0 Å². The Bertz CT molecular complexity index is 672. The minimum Gasteiger partial charge on any atom is -0.392 e. The Morgan fingerprint density at radius 1 is 0.850 bits per heavy atom. The summed E-state index contributed by atoms with van der Waals surface area (Å²) in [6.07, 6.45) is 3.91. The topological polar surface area (TPSA) is 38.1 Å². The maximum absolute atomic E-state index is 9.05. The molecule has 0 aliphatic rings. The molecule has 0 bridgehead atoms. The van der Waals surface area contributed by atoms with Crippen molar-refractivity contribution >= 4 is 0 Å². The molecular weight excluding hydrogens is 248 g/mol. The molecule has 0 saturated heterocycles. The first-order valence-corrected chi connectivity index (χ1v) is 6.62. The van der Waals surface area contributed by atoms with Crippen molar-refractivity contribution in [1.29, 1.82) is 0 Å².